The van der Waals surface area contributed by atoms with Crippen molar-refractivity contribution in [3.05, 3.63) is 46.2 Å². The Balaban J connectivity index is 1.90. The van der Waals surface area contributed by atoms with Crippen molar-refractivity contribution in [3.63, 3.8) is 0 Å². The summed E-state index contributed by atoms with van der Waals surface area (Å²) in [5.41, 5.74) is 2.05. The second-order valence-corrected chi connectivity index (χ2v) is 5.28. The number of likely N-dealkylation sites (N-methyl/N-ethyl adjacent to an activating group) is 1. The van der Waals surface area contributed by atoms with Crippen LogP contribution in [0, 0.1) is 0 Å². The summed E-state index contributed by atoms with van der Waals surface area (Å²) in [6.45, 7) is 5.19. The molecule has 0 bridgehead atoms. The molecule has 1 aromatic carbocycles. The maximum absolute atomic E-state index is 11.7. The largest absolute Gasteiger partial charge is 0.322 e. The van der Waals surface area contributed by atoms with E-state index >= 15 is 0 Å². The number of fused-ring (bicyclic) bond motifs is 1. The second-order valence-electron chi connectivity index (χ2n) is 5.28. The molecule has 0 radical (unpaired) electrons. The van der Waals surface area contributed by atoms with E-state index < -0.39 is 0 Å². The molecule has 0 aliphatic carbocycles. The van der Waals surface area contributed by atoms with Crippen LogP contribution >= 0.6 is 0 Å². The zero-order valence-corrected chi connectivity index (χ0v) is 11.2. The van der Waals surface area contributed by atoms with Gasteiger partial charge in [0.2, 0.25) is 5.56 Å². The van der Waals surface area contributed by atoms with Crippen molar-refractivity contribution in [1.29, 1.82) is 0 Å². The van der Waals surface area contributed by atoms with Gasteiger partial charge >= 0.3 is 0 Å². The lowest BCUT2D eigenvalue weighted by Gasteiger charge is -2.32. The minimum Gasteiger partial charge on any atom is -0.322 e. The van der Waals surface area contributed by atoms with Crippen molar-refractivity contribution in [3.8, 4) is 0 Å². The number of aromatic nitrogens is 1. The smallest absolute Gasteiger partial charge is 0.248 e. The highest BCUT2D eigenvalue weighted by molar-refractivity contribution is 5.81. The number of H-pyrrole nitrogens is 1. The van der Waals surface area contributed by atoms with E-state index in [1.807, 2.05) is 18.2 Å². The van der Waals surface area contributed by atoms with E-state index in [9.17, 15) is 4.79 Å². The van der Waals surface area contributed by atoms with Gasteiger partial charge in [-0.3, -0.25) is 9.69 Å². The van der Waals surface area contributed by atoms with Gasteiger partial charge in [-0.1, -0.05) is 18.2 Å². The number of nitrogens with zero attached hydrogens (tertiary/aromatic N) is 2. The summed E-state index contributed by atoms with van der Waals surface area (Å²) in [4.78, 5) is 19.4. The third-order valence-electron chi connectivity index (χ3n) is 3.83. The number of nitrogens with one attached hydrogen (secondary N) is 1. The first-order valence-corrected chi connectivity index (χ1v) is 6.74. The fourth-order valence-electron chi connectivity index (χ4n) is 2.65. The predicted molar refractivity (Wildman–Crippen MR) is 77.3 cm³/mol. The molecule has 3 rings (SSSR count). The van der Waals surface area contributed by atoms with Crippen molar-refractivity contribution >= 4 is 10.9 Å². The maximum Gasteiger partial charge on any atom is 0.248 e. The Hall–Kier alpha value is -1.65. The van der Waals surface area contributed by atoms with E-state index in [-0.39, 0.29) is 5.56 Å². The first kappa shape index (κ1) is 12.4. The lowest BCUT2D eigenvalue weighted by molar-refractivity contribution is 0.148. The van der Waals surface area contributed by atoms with Crippen molar-refractivity contribution in [1.82, 2.24) is 14.8 Å². The van der Waals surface area contributed by atoms with Gasteiger partial charge in [0, 0.05) is 49.7 Å². The highest BCUT2D eigenvalue weighted by Gasteiger charge is 2.15. The lowest BCUT2D eigenvalue weighted by Crippen LogP contribution is -2.44. The standard InChI is InChI=1S/C15H19N3O/c1-17-6-8-18(9-7-17)11-12-10-15(19)16-14-5-3-2-4-13(12)14/h2-5,10H,6-9,11H2,1H3,(H,16,19). The molecule has 4 heteroatoms. The summed E-state index contributed by atoms with van der Waals surface area (Å²) < 4.78 is 0. The first-order chi connectivity index (χ1) is 9.22. The summed E-state index contributed by atoms with van der Waals surface area (Å²) in [5.74, 6) is 0. The van der Waals surface area contributed by atoms with E-state index in [4.69, 9.17) is 0 Å². The van der Waals surface area contributed by atoms with Crippen LogP contribution in [0.25, 0.3) is 10.9 Å². The number of hydrogen-bond acceptors (Lipinski definition) is 3. The van der Waals surface area contributed by atoms with Gasteiger partial charge in [-0.2, -0.15) is 0 Å². The predicted octanol–water partition coefficient (Wildman–Crippen LogP) is 1.28. The van der Waals surface area contributed by atoms with Gasteiger partial charge < -0.3 is 9.88 Å². The Bertz CT molecular complexity index is 627. The van der Waals surface area contributed by atoms with Crippen molar-refractivity contribution in [2.24, 2.45) is 0 Å². The fraction of sp³-hybridized carbons (Fsp3) is 0.400. The quantitative estimate of drug-likeness (QED) is 0.881. The molecule has 1 aliphatic rings. The molecule has 1 saturated heterocycles. The third kappa shape index (κ3) is 2.69. The van der Waals surface area contributed by atoms with Crippen molar-refractivity contribution in [2.75, 3.05) is 33.2 Å². The minimum atomic E-state index is -0.0113. The highest BCUT2D eigenvalue weighted by Crippen LogP contribution is 2.17. The number of piperazine rings is 1. The lowest BCUT2D eigenvalue weighted by atomic mass is 10.1. The van der Waals surface area contributed by atoms with E-state index in [0.29, 0.717) is 0 Å². The number of para-hydroxylation sites is 1. The van der Waals surface area contributed by atoms with Gasteiger partial charge in [0.1, 0.15) is 0 Å². The van der Waals surface area contributed by atoms with Gasteiger partial charge in [0.05, 0.1) is 0 Å². The van der Waals surface area contributed by atoms with Crippen LogP contribution in [0.3, 0.4) is 0 Å². The molecular weight excluding hydrogens is 238 g/mol. The van der Waals surface area contributed by atoms with Gasteiger partial charge in [0.15, 0.2) is 0 Å². The number of aromatic amines is 1. The molecule has 2 heterocycles. The molecule has 100 valence electrons. The third-order valence-corrected chi connectivity index (χ3v) is 3.83. The molecule has 1 N–H and O–H groups in total. The molecule has 0 atom stereocenters. The normalized spacial score (nSPS) is 17.9. The van der Waals surface area contributed by atoms with Gasteiger partial charge in [-0.25, -0.2) is 0 Å². The molecule has 19 heavy (non-hydrogen) atoms. The van der Waals surface area contributed by atoms with Gasteiger partial charge in [-0.05, 0) is 18.7 Å². The van der Waals surface area contributed by atoms with Crippen LogP contribution in [0.2, 0.25) is 0 Å². The minimum absolute atomic E-state index is 0.0113. The number of hydrogen-bond donors (Lipinski definition) is 1. The second kappa shape index (κ2) is 5.15. The van der Waals surface area contributed by atoms with Gasteiger partial charge in [0.25, 0.3) is 0 Å². The summed E-state index contributed by atoms with van der Waals surface area (Å²) in [6, 6.07) is 9.76. The Kier molecular flexibility index (Phi) is 3.36. The molecule has 4 nitrogen and oxygen atoms in total. The average molecular weight is 257 g/mol. The fourth-order valence-corrected chi connectivity index (χ4v) is 2.65. The molecule has 2 aromatic rings. The van der Waals surface area contributed by atoms with Crippen LogP contribution in [-0.2, 0) is 6.54 Å². The highest BCUT2D eigenvalue weighted by atomic mass is 16.1. The molecule has 1 fully saturated rings. The molecule has 1 aliphatic heterocycles. The SMILES string of the molecule is CN1CCN(Cc2cc(=O)[nH]c3ccccc23)CC1. The van der Waals surface area contributed by atoms with Crippen LogP contribution in [0.15, 0.2) is 35.1 Å². The molecule has 0 spiro atoms. The molecule has 0 unspecified atom stereocenters. The van der Waals surface area contributed by atoms with E-state index in [2.05, 4.69) is 27.9 Å². The Morgan fingerprint density at radius 3 is 2.68 bits per heavy atom. The number of pyridine rings is 1. The molecule has 0 saturated carbocycles. The van der Waals surface area contributed by atoms with Crippen LogP contribution < -0.4 is 5.56 Å². The molecule has 1 aromatic heterocycles. The van der Waals surface area contributed by atoms with Crippen LogP contribution in [0.4, 0.5) is 0 Å². The zero-order valence-electron chi connectivity index (χ0n) is 11.2. The summed E-state index contributed by atoms with van der Waals surface area (Å²) in [6.07, 6.45) is 0. The van der Waals surface area contributed by atoms with Crippen molar-refractivity contribution < 1.29 is 0 Å². The average Bonchev–Trinajstić information content (AvgIpc) is 2.41. The number of rotatable bonds is 2. The maximum atomic E-state index is 11.7. The Labute approximate surface area is 112 Å². The summed E-state index contributed by atoms with van der Waals surface area (Å²) in [7, 11) is 2.15. The molecule has 0 amide bonds. The Morgan fingerprint density at radius 1 is 1.16 bits per heavy atom. The van der Waals surface area contributed by atoms with E-state index in [0.717, 1.165) is 49.2 Å². The van der Waals surface area contributed by atoms with E-state index in [1.54, 1.807) is 6.07 Å². The Morgan fingerprint density at radius 2 is 1.89 bits per heavy atom. The molecular formula is C15H19N3O. The van der Waals surface area contributed by atoms with E-state index in [1.165, 1.54) is 0 Å². The van der Waals surface area contributed by atoms with Crippen molar-refractivity contribution in [2.45, 2.75) is 6.54 Å². The first-order valence-electron chi connectivity index (χ1n) is 6.74. The topological polar surface area (TPSA) is 39.3 Å². The number of benzene rings is 1. The summed E-state index contributed by atoms with van der Waals surface area (Å²) in [5, 5.41) is 1.15. The van der Waals surface area contributed by atoms with Crippen LogP contribution in [0.5, 0.6) is 0 Å². The van der Waals surface area contributed by atoms with Crippen LogP contribution in [-0.4, -0.2) is 48.0 Å². The van der Waals surface area contributed by atoms with Crippen LogP contribution in [0.1, 0.15) is 5.56 Å². The monoisotopic (exact) mass is 257 g/mol. The zero-order chi connectivity index (χ0) is 13.2. The summed E-state index contributed by atoms with van der Waals surface area (Å²) >= 11 is 0. The van der Waals surface area contributed by atoms with Gasteiger partial charge in [-0.15, -0.1) is 0 Å².